The molecular weight excluding hydrogens is 282 g/mol. The van der Waals surface area contributed by atoms with Crippen molar-refractivity contribution in [3.8, 4) is 6.01 Å². The van der Waals surface area contributed by atoms with Crippen molar-refractivity contribution in [3.63, 3.8) is 0 Å². The zero-order valence-electron chi connectivity index (χ0n) is 10.9. The van der Waals surface area contributed by atoms with Gasteiger partial charge in [-0.1, -0.05) is 0 Å². The number of ether oxygens (including phenoxy) is 2. The van der Waals surface area contributed by atoms with E-state index in [4.69, 9.17) is 21.1 Å². The lowest BCUT2D eigenvalue weighted by Gasteiger charge is -2.27. The highest BCUT2D eigenvalue weighted by molar-refractivity contribution is 6.28. The van der Waals surface area contributed by atoms with E-state index in [-0.39, 0.29) is 5.28 Å². The Morgan fingerprint density at radius 1 is 1.00 bits per heavy atom. The van der Waals surface area contributed by atoms with Gasteiger partial charge in [-0.15, -0.1) is 0 Å². The molecular formula is C12H14ClN5O2. The average Bonchev–Trinajstić information content (AvgIpc) is 2.86. The molecule has 106 valence electrons. The van der Waals surface area contributed by atoms with Gasteiger partial charge in [0, 0.05) is 19.6 Å². The molecule has 0 unspecified atom stereocenters. The monoisotopic (exact) mass is 295 g/mol. The van der Waals surface area contributed by atoms with Crippen LogP contribution in [0.15, 0.2) is 0 Å². The first-order valence-electron chi connectivity index (χ1n) is 6.72. The van der Waals surface area contributed by atoms with Crippen LogP contribution in [0, 0.1) is 0 Å². The molecule has 2 aliphatic rings. The smallest absolute Gasteiger partial charge is 0.298 e. The predicted octanol–water partition coefficient (Wildman–Crippen LogP) is 1.10. The van der Waals surface area contributed by atoms with Crippen molar-refractivity contribution in [1.82, 2.24) is 19.5 Å². The molecule has 1 saturated heterocycles. The van der Waals surface area contributed by atoms with E-state index in [1.165, 1.54) is 0 Å². The van der Waals surface area contributed by atoms with E-state index in [9.17, 15) is 0 Å². The average molecular weight is 296 g/mol. The molecule has 7 nitrogen and oxygen atoms in total. The summed E-state index contributed by atoms with van der Waals surface area (Å²) in [7, 11) is 0. The molecule has 0 N–H and O–H groups in total. The van der Waals surface area contributed by atoms with Gasteiger partial charge in [-0.25, -0.2) is 0 Å². The maximum atomic E-state index is 6.08. The first-order valence-corrected chi connectivity index (χ1v) is 7.10. The number of imidazole rings is 1. The number of hydrogen-bond acceptors (Lipinski definition) is 6. The molecule has 0 spiro atoms. The third kappa shape index (κ3) is 1.89. The summed E-state index contributed by atoms with van der Waals surface area (Å²) in [6.07, 6.45) is 0.951. The molecule has 1 fully saturated rings. The second kappa shape index (κ2) is 4.75. The van der Waals surface area contributed by atoms with Crippen molar-refractivity contribution < 1.29 is 9.47 Å². The maximum absolute atomic E-state index is 6.08. The van der Waals surface area contributed by atoms with Gasteiger partial charge in [0.05, 0.1) is 19.8 Å². The fourth-order valence-electron chi connectivity index (χ4n) is 2.63. The maximum Gasteiger partial charge on any atom is 0.298 e. The third-order valence-electron chi connectivity index (χ3n) is 3.58. The summed E-state index contributed by atoms with van der Waals surface area (Å²) in [6, 6.07) is 0.609. The van der Waals surface area contributed by atoms with Crippen LogP contribution in [0.1, 0.15) is 6.42 Å². The quantitative estimate of drug-likeness (QED) is 0.734. The molecule has 0 aliphatic carbocycles. The van der Waals surface area contributed by atoms with Crippen LogP contribution in [-0.2, 0) is 11.3 Å². The number of halogens is 1. The Balaban J connectivity index is 1.89. The molecule has 0 atom stereocenters. The number of morpholine rings is 1. The van der Waals surface area contributed by atoms with E-state index in [0.29, 0.717) is 25.8 Å². The highest BCUT2D eigenvalue weighted by atomic mass is 35.5. The fourth-order valence-corrected chi connectivity index (χ4v) is 2.79. The molecule has 0 saturated carbocycles. The van der Waals surface area contributed by atoms with Gasteiger partial charge in [0.15, 0.2) is 17.0 Å². The van der Waals surface area contributed by atoms with E-state index >= 15 is 0 Å². The SMILES string of the molecule is Clc1nc(N2CCOCC2)c2nc3n(c2n1)CCCO3. The summed E-state index contributed by atoms with van der Waals surface area (Å²) in [5.74, 6) is 0.772. The zero-order chi connectivity index (χ0) is 13.5. The van der Waals surface area contributed by atoms with Crippen molar-refractivity contribution in [1.29, 1.82) is 0 Å². The first kappa shape index (κ1) is 12.2. The Bertz CT molecular complexity index is 653. The normalized spacial score (nSPS) is 18.9. The van der Waals surface area contributed by atoms with Gasteiger partial charge in [-0.3, -0.25) is 4.57 Å². The summed E-state index contributed by atoms with van der Waals surface area (Å²) >= 11 is 6.08. The molecule has 2 aromatic rings. The largest absolute Gasteiger partial charge is 0.465 e. The highest BCUT2D eigenvalue weighted by Gasteiger charge is 2.24. The minimum Gasteiger partial charge on any atom is -0.465 e. The number of aryl methyl sites for hydroxylation is 1. The fraction of sp³-hybridized carbons (Fsp3) is 0.583. The van der Waals surface area contributed by atoms with Crippen LogP contribution in [0.5, 0.6) is 6.01 Å². The van der Waals surface area contributed by atoms with Gasteiger partial charge in [0.1, 0.15) is 0 Å². The molecule has 4 heterocycles. The van der Waals surface area contributed by atoms with Crippen molar-refractivity contribution in [2.45, 2.75) is 13.0 Å². The summed E-state index contributed by atoms with van der Waals surface area (Å²) in [5, 5.41) is 0.243. The van der Waals surface area contributed by atoms with Gasteiger partial charge in [-0.2, -0.15) is 15.0 Å². The van der Waals surface area contributed by atoms with Crippen LogP contribution >= 0.6 is 11.6 Å². The van der Waals surface area contributed by atoms with E-state index in [0.717, 1.165) is 43.0 Å². The number of hydrogen-bond donors (Lipinski definition) is 0. The first-order chi connectivity index (χ1) is 9.83. The molecule has 8 heteroatoms. The number of aromatic nitrogens is 4. The highest BCUT2D eigenvalue weighted by Crippen LogP contribution is 2.30. The van der Waals surface area contributed by atoms with Crippen molar-refractivity contribution in [2.24, 2.45) is 0 Å². The molecule has 20 heavy (non-hydrogen) atoms. The second-order valence-corrected chi connectivity index (χ2v) is 5.17. The molecule has 0 radical (unpaired) electrons. The number of nitrogens with zero attached hydrogens (tertiary/aromatic N) is 5. The standard InChI is InChI=1S/C12H14ClN5O2/c13-11-15-9(17-3-6-19-7-4-17)8-10(16-11)18-2-1-5-20-12(18)14-8/h1-7H2. The lowest BCUT2D eigenvalue weighted by molar-refractivity contribution is 0.122. The Morgan fingerprint density at radius 2 is 1.85 bits per heavy atom. The minimum absolute atomic E-state index is 0.243. The number of anilines is 1. The summed E-state index contributed by atoms with van der Waals surface area (Å²) in [5.41, 5.74) is 1.51. The Labute approximate surface area is 120 Å². The molecule has 2 aliphatic heterocycles. The van der Waals surface area contributed by atoms with Crippen LogP contribution in [0.2, 0.25) is 5.28 Å². The predicted molar refractivity (Wildman–Crippen MR) is 73.5 cm³/mol. The lowest BCUT2D eigenvalue weighted by atomic mass is 10.3. The molecule has 4 rings (SSSR count). The number of fused-ring (bicyclic) bond motifs is 3. The van der Waals surface area contributed by atoms with E-state index in [2.05, 4.69) is 19.9 Å². The van der Waals surface area contributed by atoms with Crippen molar-refractivity contribution in [2.75, 3.05) is 37.8 Å². The summed E-state index contributed by atoms with van der Waals surface area (Å²) in [4.78, 5) is 15.4. The minimum atomic E-state index is 0.243. The van der Waals surface area contributed by atoms with Crippen LogP contribution in [-0.4, -0.2) is 52.4 Å². The Hall–Kier alpha value is -1.60. The summed E-state index contributed by atoms with van der Waals surface area (Å²) in [6.45, 7) is 4.48. The van der Waals surface area contributed by atoms with Crippen molar-refractivity contribution >= 4 is 28.6 Å². The van der Waals surface area contributed by atoms with Gasteiger partial charge in [0.25, 0.3) is 6.01 Å². The van der Waals surface area contributed by atoms with Crippen LogP contribution in [0.25, 0.3) is 11.2 Å². The van der Waals surface area contributed by atoms with Gasteiger partial charge >= 0.3 is 0 Å². The van der Waals surface area contributed by atoms with E-state index in [1.807, 2.05) is 4.57 Å². The summed E-state index contributed by atoms with van der Waals surface area (Å²) < 4.78 is 12.9. The zero-order valence-corrected chi connectivity index (χ0v) is 11.6. The third-order valence-corrected chi connectivity index (χ3v) is 3.75. The van der Waals surface area contributed by atoms with Gasteiger partial charge < -0.3 is 14.4 Å². The van der Waals surface area contributed by atoms with Gasteiger partial charge in [0.2, 0.25) is 5.28 Å². The Kier molecular flexibility index (Phi) is 2.89. The van der Waals surface area contributed by atoms with Crippen LogP contribution < -0.4 is 9.64 Å². The molecule has 2 aromatic heterocycles. The number of rotatable bonds is 1. The van der Waals surface area contributed by atoms with E-state index in [1.54, 1.807) is 0 Å². The van der Waals surface area contributed by atoms with Crippen LogP contribution in [0.3, 0.4) is 0 Å². The van der Waals surface area contributed by atoms with Gasteiger partial charge in [-0.05, 0) is 18.0 Å². The van der Waals surface area contributed by atoms with Crippen LogP contribution in [0.4, 0.5) is 5.82 Å². The lowest BCUT2D eigenvalue weighted by Crippen LogP contribution is -2.37. The second-order valence-electron chi connectivity index (χ2n) is 4.84. The Morgan fingerprint density at radius 3 is 2.70 bits per heavy atom. The topological polar surface area (TPSA) is 65.3 Å². The molecule has 0 amide bonds. The molecule has 0 aromatic carbocycles. The van der Waals surface area contributed by atoms with Crippen molar-refractivity contribution in [3.05, 3.63) is 5.28 Å². The molecule has 0 bridgehead atoms. The van der Waals surface area contributed by atoms with E-state index < -0.39 is 0 Å².